The maximum absolute atomic E-state index is 5.27. The van der Waals surface area contributed by atoms with Gasteiger partial charge in [0.15, 0.2) is 0 Å². The summed E-state index contributed by atoms with van der Waals surface area (Å²) in [6, 6.07) is 0. The van der Waals surface area contributed by atoms with Gasteiger partial charge in [-0.25, -0.2) is 0 Å². The van der Waals surface area contributed by atoms with E-state index in [-0.39, 0.29) is 0 Å². The van der Waals surface area contributed by atoms with Gasteiger partial charge in [-0.3, -0.25) is 0 Å². The van der Waals surface area contributed by atoms with Gasteiger partial charge in [0.05, 0.1) is 0 Å². The van der Waals surface area contributed by atoms with E-state index in [0.717, 1.165) is 11.8 Å². The molecule has 2 aliphatic carbocycles. The average molecular weight is 106 g/mol. The number of fused-ring (bicyclic) bond motifs is 1. The number of terminal acetylenes is 1. The van der Waals surface area contributed by atoms with Crippen LogP contribution in [0.3, 0.4) is 0 Å². The fourth-order valence-corrected chi connectivity index (χ4v) is 2.07. The van der Waals surface area contributed by atoms with Crippen molar-refractivity contribution in [3.05, 3.63) is 0 Å². The van der Waals surface area contributed by atoms with Crippen LogP contribution in [0.25, 0.3) is 0 Å². The van der Waals surface area contributed by atoms with Crippen LogP contribution in [0.1, 0.15) is 19.3 Å². The van der Waals surface area contributed by atoms with Gasteiger partial charge in [0.2, 0.25) is 0 Å². The van der Waals surface area contributed by atoms with Crippen LogP contribution in [0.4, 0.5) is 0 Å². The van der Waals surface area contributed by atoms with Crippen molar-refractivity contribution < 1.29 is 0 Å². The molecule has 42 valence electrons. The summed E-state index contributed by atoms with van der Waals surface area (Å²) in [7, 11) is 0. The molecule has 2 unspecified atom stereocenters. The molecule has 2 rings (SSSR count). The quantitative estimate of drug-likeness (QED) is 0.412. The molecule has 2 fully saturated rings. The highest BCUT2D eigenvalue weighted by atomic mass is 14.5. The van der Waals surface area contributed by atoms with E-state index in [1.54, 1.807) is 0 Å². The first kappa shape index (κ1) is 4.44. The van der Waals surface area contributed by atoms with Crippen LogP contribution in [-0.2, 0) is 0 Å². The normalized spacial score (nSPS) is 50.1. The Labute approximate surface area is 50.3 Å². The van der Waals surface area contributed by atoms with Gasteiger partial charge in [0, 0.05) is 5.92 Å². The molecule has 8 heavy (non-hydrogen) atoms. The Morgan fingerprint density at radius 2 is 1.88 bits per heavy atom. The lowest BCUT2D eigenvalue weighted by Gasteiger charge is -1.89. The fraction of sp³-hybridized carbons (Fsp3) is 0.750. The molecule has 0 aromatic carbocycles. The minimum Gasteiger partial charge on any atom is -0.120 e. The van der Waals surface area contributed by atoms with Crippen LogP contribution in [0.15, 0.2) is 0 Å². The summed E-state index contributed by atoms with van der Waals surface area (Å²) < 4.78 is 0. The average Bonchev–Trinajstić information content (AvgIpc) is 2.22. The molecule has 0 amide bonds. The van der Waals surface area contributed by atoms with Crippen molar-refractivity contribution in [2.45, 2.75) is 19.3 Å². The Morgan fingerprint density at radius 1 is 1.25 bits per heavy atom. The summed E-state index contributed by atoms with van der Waals surface area (Å²) >= 11 is 0. The first-order chi connectivity index (χ1) is 3.93. The molecule has 2 atom stereocenters. The minimum atomic E-state index is 0.698. The molecule has 0 aliphatic heterocycles. The van der Waals surface area contributed by atoms with E-state index in [0.29, 0.717) is 5.92 Å². The van der Waals surface area contributed by atoms with E-state index in [2.05, 4.69) is 5.92 Å². The maximum Gasteiger partial charge on any atom is 0.0262 e. The third-order valence-electron chi connectivity index (χ3n) is 2.60. The van der Waals surface area contributed by atoms with Crippen molar-refractivity contribution in [1.82, 2.24) is 0 Å². The van der Waals surface area contributed by atoms with Crippen molar-refractivity contribution in [2.24, 2.45) is 17.8 Å². The van der Waals surface area contributed by atoms with Crippen LogP contribution in [0.2, 0.25) is 0 Å². The summed E-state index contributed by atoms with van der Waals surface area (Å²) in [5.41, 5.74) is 0. The zero-order valence-corrected chi connectivity index (χ0v) is 4.93. The molecule has 0 heterocycles. The monoisotopic (exact) mass is 106 g/mol. The Kier molecular flexibility index (Phi) is 0.713. The van der Waals surface area contributed by atoms with E-state index >= 15 is 0 Å². The zero-order valence-electron chi connectivity index (χ0n) is 4.93. The van der Waals surface area contributed by atoms with Gasteiger partial charge in [-0.2, -0.15) is 0 Å². The largest absolute Gasteiger partial charge is 0.120 e. The minimum absolute atomic E-state index is 0.698. The summed E-state index contributed by atoms with van der Waals surface area (Å²) in [6.07, 6.45) is 9.54. The second-order valence-electron chi connectivity index (χ2n) is 2.95. The maximum atomic E-state index is 5.27. The van der Waals surface area contributed by atoms with Crippen molar-refractivity contribution in [1.29, 1.82) is 0 Å². The lowest BCUT2D eigenvalue weighted by Crippen LogP contribution is -1.80. The Morgan fingerprint density at radius 3 is 2.25 bits per heavy atom. The molecule has 0 saturated heterocycles. The third-order valence-corrected chi connectivity index (χ3v) is 2.60. The van der Waals surface area contributed by atoms with Gasteiger partial charge in [0.1, 0.15) is 0 Å². The third kappa shape index (κ3) is 0.375. The van der Waals surface area contributed by atoms with Crippen LogP contribution in [-0.4, -0.2) is 0 Å². The van der Waals surface area contributed by atoms with Crippen molar-refractivity contribution in [3.8, 4) is 12.3 Å². The molecule has 0 heteroatoms. The van der Waals surface area contributed by atoms with Gasteiger partial charge in [-0.1, -0.05) is 6.42 Å². The summed E-state index contributed by atoms with van der Waals surface area (Å²) in [5.74, 6) is 5.46. The van der Waals surface area contributed by atoms with E-state index in [1.807, 2.05) is 0 Å². The SMILES string of the molecule is C#CC1C2CCCC12. The zero-order chi connectivity index (χ0) is 5.56. The summed E-state index contributed by atoms with van der Waals surface area (Å²) in [4.78, 5) is 0. The van der Waals surface area contributed by atoms with E-state index < -0.39 is 0 Å². The molecule has 0 N–H and O–H groups in total. The lowest BCUT2D eigenvalue weighted by molar-refractivity contribution is 0.676. The fourth-order valence-electron chi connectivity index (χ4n) is 2.07. The second-order valence-corrected chi connectivity index (χ2v) is 2.95. The van der Waals surface area contributed by atoms with Gasteiger partial charge in [-0.15, -0.1) is 12.3 Å². The first-order valence-electron chi connectivity index (χ1n) is 3.39. The summed E-state index contributed by atoms with van der Waals surface area (Å²) in [5, 5.41) is 0. The molecule has 2 saturated carbocycles. The Balaban J connectivity index is 2.06. The highest BCUT2D eigenvalue weighted by molar-refractivity contribution is 5.15. The highest BCUT2D eigenvalue weighted by Crippen LogP contribution is 2.56. The molecule has 0 aromatic heterocycles. The van der Waals surface area contributed by atoms with Gasteiger partial charge < -0.3 is 0 Å². The molecule has 2 aliphatic rings. The number of rotatable bonds is 0. The second kappa shape index (κ2) is 1.29. The molecular weight excluding hydrogens is 96.1 g/mol. The lowest BCUT2D eigenvalue weighted by atomic mass is 10.2. The van der Waals surface area contributed by atoms with Crippen molar-refractivity contribution >= 4 is 0 Å². The predicted octanol–water partition coefficient (Wildman–Crippen LogP) is 1.67. The predicted molar refractivity (Wildman–Crippen MR) is 33.2 cm³/mol. The highest BCUT2D eigenvalue weighted by Gasteiger charge is 2.51. The van der Waals surface area contributed by atoms with Gasteiger partial charge in [-0.05, 0) is 24.7 Å². The molecule has 0 nitrogen and oxygen atoms in total. The molecule has 0 radical (unpaired) electrons. The number of hydrogen-bond donors (Lipinski definition) is 0. The molecular formula is C8H10. The summed E-state index contributed by atoms with van der Waals surface area (Å²) in [6.45, 7) is 0. The van der Waals surface area contributed by atoms with Gasteiger partial charge >= 0.3 is 0 Å². The van der Waals surface area contributed by atoms with Crippen LogP contribution in [0, 0.1) is 30.1 Å². The smallest absolute Gasteiger partial charge is 0.0262 e. The van der Waals surface area contributed by atoms with Crippen molar-refractivity contribution in [3.63, 3.8) is 0 Å². The van der Waals surface area contributed by atoms with E-state index in [4.69, 9.17) is 6.42 Å². The topological polar surface area (TPSA) is 0 Å². The standard InChI is InChI=1S/C8H10/c1-2-6-7-4-3-5-8(6)7/h1,6-8H,3-5H2. The number of hydrogen-bond acceptors (Lipinski definition) is 0. The first-order valence-corrected chi connectivity index (χ1v) is 3.39. The van der Waals surface area contributed by atoms with Crippen LogP contribution in [0.5, 0.6) is 0 Å². The van der Waals surface area contributed by atoms with Crippen LogP contribution < -0.4 is 0 Å². The Hall–Kier alpha value is -0.440. The molecule has 0 spiro atoms. The van der Waals surface area contributed by atoms with Gasteiger partial charge in [0.25, 0.3) is 0 Å². The van der Waals surface area contributed by atoms with Crippen molar-refractivity contribution in [2.75, 3.05) is 0 Å². The van der Waals surface area contributed by atoms with E-state index in [9.17, 15) is 0 Å². The molecule has 0 aromatic rings. The Bertz CT molecular complexity index is 131. The van der Waals surface area contributed by atoms with Crippen LogP contribution >= 0.6 is 0 Å². The van der Waals surface area contributed by atoms with E-state index in [1.165, 1.54) is 19.3 Å². The molecule has 0 bridgehead atoms.